The van der Waals surface area contributed by atoms with Gasteiger partial charge >= 0.3 is 0 Å². The van der Waals surface area contributed by atoms with Crippen LogP contribution in [0.4, 0.5) is 0 Å². The number of hydrogen-bond donors (Lipinski definition) is 1. The molecule has 0 aliphatic carbocycles. The van der Waals surface area contributed by atoms with Crippen LogP contribution in [-0.4, -0.2) is 10.8 Å². The summed E-state index contributed by atoms with van der Waals surface area (Å²) < 4.78 is 0. The van der Waals surface area contributed by atoms with Gasteiger partial charge in [0.15, 0.2) is 0 Å². The third-order valence-electron chi connectivity index (χ3n) is 2.58. The summed E-state index contributed by atoms with van der Waals surface area (Å²) in [6.07, 6.45) is 1.94. The van der Waals surface area contributed by atoms with E-state index in [4.69, 9.17) is 0 Å². The molecule has 2 heteroatoms. The molecule has 0 aliphatic rings. The van der Waals surface area contributed by atoms with Crippen molar-refractivity contribution in [2.45, 2.75) is 13.8 Å². The quantitative estimate of drug-likeness (QED) is 0.779. The highest BCUT2D eigenvalue weighted by molar-refractivity contribution is 6.07. The van der Waals surface area contributed by atoms with E-state index in [1.165, 1.54) is 0 Å². The normalized spacial score (nSPS) is 10.4. The van der Waals surface area contributed by atoms with Crippen LogP contribution < -0.4 is 0 Å². The molecule has 0 bridgehead atoms. The molecule has 81 valence electrons. The smallest absolute Gasteiger partial charge is 0.209 e. The second-order valence-electron chi connectivity index (χ2n) is 3.81. The third-order valence-corrected chi connectivity index (χ3v) is 2.58. The van der Waals surface area contributed by atoms with E-state index in [0.717, 1.165) is 16.8 Å². The zero-order valence-electron chi connectivity index (χ0n) is 9.45. The minimum atomic E-state index is 0.0353. The third kappa shape index (κ3) is 2.06. The SMILES string of the molecule is C[CH]c1ccc(C(=O)c2ccc(C)cc2)[nH]1. The number of carbonyl (C=O) groups excluding carboxylic acids is 1. The number of aromatic amines is 1. The number of nitrogens with one attached hydrogen (secondary N) is 1. The highest BCUT2D eigenvalue weighted by Gasteiger charge is 2.10. The molecule has 0 amide bonds. The Bertz CT molecular complexity index is 494. The standard InChI is InChI=1S/C14H14NO/c1-3-12-8-9-13(15-12)14(16)11-6-4-10(2)5-7-11/h3-9,15H,1-2H3. The van der Waals surface area contributed by atoms with Crippen molar-refractivity contribution < 1.29 is 4.79 Å². The van der Waals surface area contributed by atoms with Gasteiger partial charge < -0.3 is 4.98 Å². The van der Waals surface area contributed by atoms with Crippen LogP contribution in [0.15, 0.2) is 36.4 Å². The summed E-state index contributed by atoms with van der Waals surface area (Å²) in [5.41, 5.74) is 3.48. The molecule has 1 aromatic carbocycles. The first-order valence-electron chi connectivity index (χ1n) is 5.30. The van der Waals surface area contributed by atoms with Crippen molar-refractivity contribution in [3.8, 4) is 0 Å². The molecule has 0 aliphatic heterocycles. The molecular formula is C14H14NO. The van der Waals surface area contributed by atoms with Gasteiger partial charge in [-0.25, -0.2) is 0 Å². The number of H-pyrrole nitrogens is 1. The van der Waals surface area contributed by atoms with Gasteiger partial charge in [0, 0.05) is 17.7 Å². The summed E-state index contributed by atoms with van der Waals surface area (Å²) in [6.45, 7) is 3.94. The average Bonchev–Trinajstić information content (AvgIpc) is 2.77. The van der Waals surface area contributed by atoms with Crippen molar-refractivity contribution >= 4 is 5.78 Å². The summed E-state index contributed by atoms with van der Waals surface area (Å²) in [5, 5.41) is 0. The number of hydrogen-bond acceptors (Lipinski definition) is 1. The maximum atomic E-state index is 12.0. The van der Waals surface area contributed by atoms with E-state index in [-0.39, 0.29) is 5.78 Å². The van der Waals surface area contributed by atoms with Gasteiger partial charge in [-0.3, -0.25) is 4.79 Å². The number of rotatable bonds is 3. The Morgan fingerprint density at radius 1 is 1.12 bits per heavy atom. The Morgan fingerprint density at radius 3 is 2.38 bits per heavy atom. The second kappa shape index (κ2) is 4.35. The summed E-state index contributed by atoms with van der Waals surface area (Å²) in [5.74, 6) is 0.0353. The van der Waals surface area contributed by atoms with E-state index < -0.39 is 0 Å². The predicted octanol–water partition coefficient (Wildman–Crippen LogP) is 3.13. The minimum absolute atomic E-state index is 0.0353. The minimum Gasteiger partial charge on any atom is -0.355 e. The van der Waals surface area contributed by atoms with Crippen molar-refractivity contribution in [3.63, 3.8) is 0 Å². The lowest BCUT2D eigenvalue weighted by atomic mass is 10.1. The van der Waals surface area contributed by atoms with Crippen molar-refractivity contribution in [1.29, 1.82) is 0 Å². The van der Waals surface area contributed by atoms with Gasteiger partial charge in [0.05, 0.1) is 5.69 Å². The van der Waals surface area contributed by atoms with Crippen LogP contribution in [0.2, 0.25) is 0 Å². The monoisotopic (exact) mass is 212 g/mol. The molecule has 0 saturated carbocycles. The maximum absolute atomic E-state index is 12.0. The van der Waals surface area contributed by atoms with Gasteiger partial charge in [-0.05, 0) is 19.1 Å². The number of aryl methyl sites for hydroxylation is 1. The van der Waals surface area contributed by atoms with E-state index in [2.05, 4.69) is 4.98 Å². The zero-order valence-corrected chi connectivity index (χ0v) is 9.45. The predicted molar refractivity (Wildman–Crippen MR) is 64.5 cm³/mol. The second-order valence-corrected chi connectivity index (χ2v) is 3.81. The molecule has 1 heterocycles. The molecular weight excluding hydrogens is 198 g/mol. The van der Waals surface area contributed by atoms with Crippen LogP contribution in [0.1, 0.15) is 34.2 Å². The van der Waals surface area contributed by atoms with Crippen molar-refractivity contribution in [2.75, 3.05) is 0 Å². The van der Waals surface area contributed by atoms with Gasteiger partial charge in [-0.15, -0.1) is 0 Å². The molecule has 1 radical (unpaired) electrons. The largest absolute Gasteiger partial charge is 0.355 e. The lowest BCUT2D eigenvalue weighted by molar-refractivity contribution is 0.103. The van der Waals surface area contributed by atoms with Crippen molar-refractivity contribution in [3.05, 3.63) is 65.3 Å². The summed E-state index contributed by atoms with van der Waals surface area (Å²) in [6, 6.07) is 11.3. The first-order valence-corrected chi connectivity index (χ1v) is 5.30. The number of aromatic nitrogens is 1. The van der Waals surface area contributed by atoms with Gasteiger partial charge in [-0.1, -0.05) is 36.8 Å². The van der Waals surface area contributed by atoms with Crippen LogP contribution in [0.25, 0.3) is 0 Å². The fourth-order valence-electron chi connectivity index (χ4n) is 1.57. The lowest BCUT2D eigenvalue weighted by Gasteiger charge is -1.99. The molecule has 2 aromatic rings. The molecule has 0 spiro atoms. The van der Waals surface area contributed by atoms with Gasteiger partial charge in [0.2, 0.25) is 5.78 Å². The van der Waals surface area contributed by atoms with E-state index >= 15 is 0 Å². The Hall–Kier alpha value is -1.83. The summed E-state index contributed by atoms with van der Waals surface area (Å²) in [7, 11) is 0. The van der Waals surface area contributed by atoms with Gasteiger partial charge in [0.1, 0.15) is 0 Å². The van der Waals surface area contributed by atoms with Crippen LogP contribution in [-0.2, 0) is 0 Å². The number of benzene rings is 1. The molecule has 1 aromatic heterocycles. The van der Waals surface area contributed by atoms with Crippen LogP contribution in [0, 0.1) is 13.3 Å². The Balaban J connectivity index is 2.28. The van der Waals surface area contributed by atoms with Crippen molar-refractivity contribution in [2.24, 2.45) is 0 Å². The molecule has 0 fully saturated rings. The molecule has 0 unspecified atom stereocenters. The number of carbonyl (C=O) groups is 1. The van der Waals surface area contributed by atoms with E-state index in [9.17, 15) is 4.79 Å². The zero-order chi connectivity index (χ0) is 11.5. The van der Waals surface area contributed by atoms with Crippen molar-refractivity contribution in [1.82, 2.24) is 4.98 Å². The highest BCUT2D eigenvalue weighted by Crippen LogP contribution is 2.11. The van der Waals surface area contributed by atoms with Gasteiger partial charge in [-0.2, -0.15) is 0 Å². The summed E-state index contributed by atoms with van der Waals surface area (Å²) >= 11 is 0. The van der Waals surface area contributed by atoms with Crippen LogP contribution in [0.5, 0.6) is 0 Å². The Morgan fingerprint density at radius 2 is 1.81 bits per heavy atom. The van der Waals surface area contributed by atoms with Crippen LogP contribution in [0.3, 0.4) is 0 Å². The summed E-state index contributed by atoms with van der Waals surface area (Å²) in [4.78, 5) is 15.1. The van der Waals surface area contributed by atoms with E-state index in [1.54, 1.807) is 0 Å². The maximum Gasteiger partial charge on any atom is 0.209 e. The topological polar surface area (TPSA) is 32.9 Å². The average molecular weight is 212 g/mol. The first-order chi connectivity index (χ1) is 7.70. The van der Waals surface area contributed by atoms with E-state index in [0.29, 0.717) is 5.69 Å². The first kappa shape index (κ1) is 10.7. The van der Waals surface area contributed by atoms with Gasteiger partial charge in [0.25, 0.3) is 0 Å². The molecule has 0 atom stereocenters. The molecule has 2 nitrogen and oxygen atoms in total. The molecule has 2 rings (SSSR count). The van der Waals surface area contributed by atoms with Crippen LogP contribution >= 0.6 is 0 Å². The molecule has 16 heavy (non-hydrogen) atoms. The number of ketones is 1. The highest BCUT2D eigenvalue weighted by atomic mass is 16.1. The fourth-order valence-corrected chi connectivity index (χ4v) is 1.57. The Labute approximate surface area is 95.3 Å². The van der Waals surface area contributed by atoms with E-state index in [1.807, 2.05) is 56.7 Å². The fraction of sp³-hybridized carbons (Fsp3) is 0.143. The molecule has 1 N–H and O–H groups in total. The Kier molecular flexibility index (Phi) is 2.91. The molecule has 0 saturated heterocycles. The lowest BCUT2D eigenvalue weighted by Crippen LogP contribution is -2.01.